The van der Waals surface area contributed by atoms with Crippen LogP contribution in [0.1, 0.15) is 24.1 Å². The van der Waals surface area contributed by atoms with Gasteiger partial charge in [0.15, 0.2) is 0 Å². The van der Waals surface area contributed by atoms with Crippen molar-refractivity contribution in [3.8, 4) is 5.88 Å². The molecule has 5 heteroatoms. The maximum Gasteiger partial charge on any atom is 0.232 e. The van der Waals surface area contributed by atoms with Gasteiger partial charge in [0.05, 0.1) is 18.1 Å². The second-order valence-corrected chi connectivity index (χ2v) is 5.83. The van der Waals surface area contributed by atoms with Crippen LogP contribution in [0.15, 0.2) is 41.1 Å². The summed E-state index contributed by atoms with van der Waals surface area (Å²) in [4.78, 5) is 8.62. The smallest absolute Gasteiger partial charge is 0.232 e. The first-order chi connectivity index (χ1) is 9.79. The number of nitrogens with one attached hydrogen (secondary N) is 1. The van der Waals surface area contributed by atoms with Crippen molar-refractivity contribution in [2.75, 3.05) is 0 Å². The monoisotopic (exact) mass is 333 g/mol. The highest BCUT2D eigenvalue weighted by molar-refractivity contribution is 9.10. The number of hydrogen-bond donors (Lipinski definition) is 1. The molecule has 0 bridgehead atoms. The van der Waals surface area contributed by atoms with E-state index in [0.717, 1.165) is 22.3 Å². The minimum atomic E-state index is 0.502. The Morgan fingerprint density at radius 3 is 2.60 bits per heavy atom. The molecule has 104 valence electrons. The fraction of sp³-hybridized carbons (Fsp3) is 0.333. The molecule has 0 amide bonds. The Kier molecular flexibility index (Phi) is 4.28. The molecule has 0 saturated heterocycles. The summed E-state index contributed by atoms with van der Waals surface area (Å²) >= 11 is 3.41. The summed E-state index contributed by atoms with van der Waals surface area (Å²) in [5.74, 6) is 0.558. The van der Waals surface area contributed by atoms with E-state index in [9.17, 15) is 0 Å². The molecule has 0 unspecified atom stereocenters. The van der Waals surface area contributed by atoms with E-state index in [0.29, 0.717) is 18.5 Å². The lowest BCUT2D eigenvalue weighted by Crippen LogP contribution is -2.16. The minimum Gasteiger partial charge on any atom is -0.472 e. The van der Waals surface area contributed by atoms with Crippen molar-refractivity contribution in [1.82, 2.24) is 15.3 Å². The topological polar surface area (TPSA) is 47.0 Å². The molecule has 2 aromatic rings. The first-order valence-electron chi connectivity index (χ1n) is 6.71. The van der Waals surface area contributed by atoms with Crippen LogP contribution in [0.25, 0.3) is 0 Å². The lowest BCUT2D eigenvalue weighted by Gasteiger charge is -2.06. The van der Waals surface area contributed by atoms with E-state index in [1.807, 2.05) is 24.3 Å². The van der Waals surface area contributed by atoms with E-state index in [4.69, 9.17) is 4.74 Å². The molecule has 20 heavy (non-hydrogen) atoms. The Balaban J connectivity index is 1.50. The van der Waals surface area contributed by atoms with E-state index < -0.39 is 0 Å². The Hall–Kier alpha value is -1.46. The lowest BCUT2D eigenvalue weighted by atomic mass is 10.2. The van der Waals surface area contributed by atoms with Gasteiger partial charge in [0.25, 0.3) is 0 Å². The third kappa shape index (κ3) is 4.02. The SMILES string of the molecule is Brc1ccc(COc2cnc(CNC3CC3)cn2)cc1. The third-order valence-corrected chi connectivity index (χ3v) is 3.66. The second-order valence-electron chi connectivity index (χ2n) is 4.92. The van der Waals surface area contributed by atoms with Gasteiger partial charge in [0.2, 0.25) is 5.88 Å². The normalized spacial score (nSPS) is 14.2. The van der Waals surface area contributed by atoms with Gasteiger partial charge < -0.3 is 10.1 Å². The van der Waals surface area contributed by atoms with Crippen molar-refractivity contribution >= 4 is 15.9 Å². The summed E-state index contributed by atoms with van der Waals surface area (Å²) in [5.41, 5.74) is 2.06. The van der Waals surface area contributed by atoms with Gasteiger partial charge in [0, 0.05) is 17.1 Å². The number of benzene rings is 1. The molecule has 3 rings (SSSR count). The summed E-state index contributed by atoms with van der Waals surface area (Å²) in [5, 5.41) is 3.41. The zero-order valence-electron chi connectivity index (χ0n) is 11.1. The molecule has 0 atom stereocenters. The van der Waals surface area contributed by atoms with Crippen LogP contribution in [0.3, 0.4) is 0 Å². The average molecular weight is 334 g/mol. The van der Waals surface area contributed by atoms with Crippen LogP contribution in [0.2, 0.25) is 0 Å². The summed E-state index contributed by atoms with van der Waals surface area (Å²) in [6, 6.07) is 8.72. The van der Waals surface area contributed by atoms with Gasteiger partial charge >= 0.3 is 0 Å². The number of aromatic nitrogens is 2. The highest BCUT2D eigenvalue weighted by atomic mass is 79.9. The number of rotatable bonds is 6. The van der Waals surface area contributed by atoms with Gasteiger partial charge in [-0.3, -0.25) is 4.98 Å². The van der Waals surface area contributed by atoms with Crippen LogP contribution in [0, 0.1) is 0 Å². The van der Waals surface area contributed by atoms with Gasteiger partial charge in [-0.15, -0.1) is 0 Å². The molecule has 4 nitrogen and oxygen atoms in total. The summed E-state index contributed by atoms with van der Waals surface area (Å²) in [6.07, 6.45) is 6.01. The fourth-order valence-electron chi connectivity index (χ4n) is 1.78. The van der Waals surface area contributed by atoms with Gasteiger partial charge in [-0.2, -0.15) is 0 Å². The summed E-state index contributed by atoms with van der Waals surface area (Å²) < 4.78 is 6.68. The first-order valence-corrected chi connectivity index (χ1v) is 7.50. The number of nitrogens with zero attached hydrogens (tertiary/aromatic N) is 2. The van der Waals surface area contributed by atoms with Gasteiger partial charge in [-0.25, -0.2) is 4.98 Å². The molecule has 1 aromatic heterocycles. The van der Waals surface area contributed by atoms with Crippen LogP contribution in [-0.2, 0) is 13.2 Å². The number of ether oxygens (including phenoxy) is 1. The minimum absolute atomic E-state index is 0.502. The molecule has 1 aromatic carbocycles. The van der Waals surface area contributed by atoms with Gasteiger partial charge in [-0.1, -0.05) is 28.1 Å². The van der Waals surface area contributed by atoms with Crippen LogP contribution >= 0.6 is 15.9 Å². The summed E-state index contributed by atoms with van der Waals surface area (Å²) in [7, 11) is 0. The van der Waals surface area contributed by atoms with Crippen molar-refractivity contribution < 1.29 is 4.74 Å². The summed E-state index contributed by atoms with van der Waals surface area (Å²) in [6.45, 7) is 1.28. The van der Waals surface area contributed by atoms with Crippen LogP contribution in [0.5, 0.6) is 5.88 Å². The fourth-order valence-corrected chi connectivity index (χ4v) is 2.05. The molecule has 0 radical (unpaired) electrons. The molecule has 0 spiro atoms. The highest BCUT2D eigenvalue weighted by Gasteiger charge is 2.20. The Labute approximate surface area is 126 Å². The molecule has 1 saturated carbocycles. The van der Waals surface area contributed by atoms with E-state index in [-0.39, 0.29) is 0 Å². The molecule has 1 aliphatic rings. The maximum atomic E-state index is 5.62. The molecule has 1 heterocycles. The number of halogens is 1. The Morgan fingerprint density at radius 2 is 1.95 bits per heavy atom. The molecule has 0 aliphatic heterocycles. The van der Waals surface area contributed by atoms with E-state index in [1.165, 1.54) is 12.8 Å². The van der Waals surface area contributed by atoms with E-state index in [2.05, 4.69) is 31.2 Å². The molecule has 1 fully saturated rings. The molecular weight excluding hydrogens is 318 g/mol. The second kappa shape index (κ2) is 6.33. The third-order valence-electron chi connectivity index (χ3n) is 3.13. The van der Waals surface area contributed by atoms with Crippen molar-refractivity contribution in [2.24, 2.45) is 0 Å². The van der Waals surface area contributed by atoms with Crippen molar-refractivity contribution in [3.63, 3.8) is 0 Å². The standard InChI is InChI=1S/C15H16BrN3O/c16-12-3-1-11(2-4-12)10-20-15-9-18-14(8-19-15)7-17-13-5-6-13/h1-4,8-9,13,17H,5-7,10H2. The zero-order valence-corrected chi connectivity index (χ0v) is 12.6. The quantitative estimate of drug-likeness (QED) is 0.882. The van der Waals surface area contributed by atoms with Crippen LogP contribution in [-0.4, -0.2) is 16.0 Å². The predicted molar refractivity (Wildman–Crippen MR) is 80.4 cm³/mol. The highest BCUT2D eigenvalue weighted by Crippen LogP contribution is 2.19. The molecule has 1 aliphatic carbocycles. The Morgan fingerprint density at radius 1 is 1.15 bits per heavy atom. The van der Waals surface area contributed by atoms with Crippen LogP contribution in [0.4, 0.5) is 0 Å². The van der Waals surface area contributed by atoms with Crippen molar-refractivity contribution in [2.45, 2.75) is 32.0 Å². The largest absolute Gasteiger partial charge is 0.472 e. The number of hydrogen-bond acceptors (Lipinski definition) is 4. The van der Waals surface area contributed by atoms with E-state index >= 15 is 0 Å². The molecular formula is C15H16BrN3O. The van der Waals surface area contributed by atoms with Gasteiger partial charge in [0.1, 0.15) is 6.61 Å². The van der Waals surface area contributed by atoms with E-state index in [1.54, 1.807) is 12.4 Å². The molecule has 1 N–H and O–H groups in total. The average Bonchev–Trinajstić information content (AvgIpc) is 3.30. The predicted octanol–water partition coefficient (Wildman–Crippen LogP) is 3.07. The lowest BCUT2D eigenvalue weighted by molar-refractivity contribution is 0.292. The van der Waals surface area contributed by atoms with Crippen molar-refractivity contribution in [3.05, 3.63) is 52.4 Å². The van der Waals surface area contributed by atoms with Gasteiger partial charge in [-0.05, 0) is 30.5 Å². The zero-order chi connectivity index (χ0) is 13.8. The van der Waals surface area contributed by atoms with Crippen LogP contribution < -0.4 is 10.1 Å². The van der Waals surface area contributed by atoms with Crippen molar-refractivity contribution in [1.29, 1.82) is 0 Å². The first kappa shape index (κ1) is 13.5. The Bertz CT molecular complexity index is 552. The maximum absolute atomic E-state index is 5.62.